The highest BCUT2D eigenvalue weighted by Crippen LogP contribution is 2.26. The Bertz CT molecular complexity index is 705. The second-order valence-corrected chi connectivity index (χ2v) is 4.28. The second-order valence-electron chi connectivity index (χ2n) is 4.28. The predicted octanol–water partition coefficient (Wildman–Crippen LogP) is 1.58. The first-order valence-corrected chi connectivity index (χ1v) is 5.72. The van der Waals surface area contributed by atoms with E-state index in [4.69, 9.17) is 5.73 Å². The Kier molecular flexibility index (Phi) is 3.38. The number of anilines is 1. The minimum absolute atomic E-state index is 0.0842. The molecule has 8 heteroatoms. The molecule has 0 spiro atoms. The van der Waals surface area contributed by atoms with Gasteiger partial charge in [-0.05, 0) is 19.9 Å². The van der Waals surface area contributed by atoms with E-state index in [0.717, 1.165) is 0 Å². The third-order valence-electron chi connectivity index (χ3n) is 2.70. The Labute approximate surface area is 114 Å². The number of benzene rings is 1. The highest BCUT2D eigenvalue weighted by molar-refractivity contribution is 5.85. The number of hydrogen-bond acceptors (Lipinski definition) is 6. The van der Waals surface area contributed by atoms with Crippen molar-refractivity contribution in [1.82, 2.24) is 9.66 Å². The molecule has 0 bridgehead atoms. The Balaban J connectivity index is 2.41. The monoisotopic (exact) mass is 275 g/mol. The van der Waals surface area contributed by atoms with E-state index in [2.05, 4.69) is 10.1 Å². The van der Waals surface area contributed by atoms with Crippen molar-refractivity contribution in [2.75, 3.05) is 5.73 Å². The minimum Gasteiger partial charge on any atom is -0.507 e. The Morgan fingerprint density at radius 1 is 1.50 bits per heavy atom. The number of nitro groups is 1. The lowest BCUT2D eigenvalue weighted by Crippen LogP contribution is -1.98. The van der Waals surface area contributed by atoms with Crippen molar-refractivity contribution in [3.63, 3.8) is 0 Å². The zero-order chi connectivity index (χ0) is 14.9. The molecular weight excluding hydrogens is 262 g/mol. The molecule has 0 aliphatic heterocycles. The molecule has 0 fully saturated rings. The van der Waals surface area contributed by atoms with Crippen LogP contribution in [0.25, 0.3) is 0 Å². The molecule has 104 valence electrons. The van der Waals surface area contributed by atoms with Gasteiger partial charge < -0.3 is 10.8 Å². The first-order chi connectivity index (χ1) is 9.38. The number of phenols is 1. The summed E-state index contributed by atoms with van der Waals surface area (Å²) < 4.78 is 1.32. The molecule has 0 aliphatic carbocycles. The summed E-state index contributed by atoms with van der Waals surface area (Å²) in [6, 6.07) is 2.58. The van der Waals surface area contributed by atoms with Crippen LogP contribution < -0.4 is 5.73 Å². The largest absolute Gasteiger partial charge is 0.507 e. The van der Waals surface area contributed by atoms with E-state index in [-0.39, 0.29) is 22.9 Å². The molecule has 1 heterocycles. The zero-order valence-electron chi connectivity index (χ0n) is 10.9. The minimum atomic E-state index is -0.512. The fourth-order valence-corrected chi connectivity index (χ4v) is 1.72. The number of nitrogens with zero attached hydrogens (tertiary/aromatic N) is 4. The van der Waals surface area contributed by atoms with Crippen LogP contribution in [0.5, 0.6) is 5.75 Å². The summed E-state index contributed by atoms with van der Waals surface area (Å²) in [5.41, 5.74) is 6.83. The molecule has 0 amide bonds. The van der Waals surface area contributed by atoms with Gasteiger partial charge in [0, 0.05) is 17.2 Å². The molecule has 8 nitrogen and oxygen atoms in total. The highest BCUT2D eigenvalue weighted by Gasteiger charge is 2.14. The maximum absolute atomic E-state index is 10.9. The molecule has 0 aliphatic rings. The lowest BCUT2D eigenvalue weighted by Gasteiger charge is -2.02. The molecule has 0 saturated heterocycles. The fourth-order valence-electron chi connectivity index (χ4n) is 1.72. The van der Waals surface area contributed by atoms with Crippen molar-refractivity contribution >= 4 is 17.9 Å². The van der Waals surface area contributed by atoms with Gasteiger partial charge in [0.2, 0.25) is 5.95 Å². The number of rotatable bonds is 3. The molecule has 3 N–H and O–H groups in total. The molecule has 20 heavy (non-hydrogen) atoms. The van der Waals surface area contributed by atoms with Gasteiger partial charge in [-0.15, -0.1) is 0 Å². The molecule has 0 atom stereocenters. The summed E-state index contributed by atoms with van der Waals surface area (Å²) in [4.78, 5) is 14.3. The number of aryl methyl sites for hydroxylation is 2. The van der Waals surface area contributed by atoms with Gasteiger partial charge >= 0.3 is 0 Å². The highest BCUT2D eigenvalue weighted by atomic mass is 16.6. The summed E-state index contributed by atoms with van der Waals surface area (Å²) >= 11 is 0. The van der Waals surface area contributed by atoms with Crippen LogP contribution in [0.1, 0.15) is 16.8 Å². The first kappa shape index (κ1) is 13.5. The molecule has 1 aromatic heterocycles. The number of aromatic nitrogens is 2. The summed E-state index contributed by atoms with van der Waals surface area (Å²) in [6.07, 6.45) is 2.89. The van der Waals surface area contributed by atoms with E-state index in [1.165, 1.54) is 23.0 Å². The molecule has 2 aromatic rings. The SMILES string of the molecule is Cc1cn(N=Cc2cc([N+](=O)[O-])c(C)cc2O)c(N)n1. The van der Waals surface area contributed by atoms with E-state index < -0.39 is 4.92 Å². The molecule has 0 saturated carbocycles. The average Bonchev–Trinajstić information content (AvgIpc) is 2.66. The van der Waals surface area contributed by atoms with Gasteiger partial charge in [0.1, 0.15) is 5.75 Å². The van der Waals surface area contributed by atoms with E-state index in [1.807, 2.05) is 0 Å². The van der Waals surface area contributed by atoms with Gasteiger partial charge in [0.25, 0.3) is 5.69 Å². The van der Waals surface area contributed by atoms with Crippen molar-refractivity contribution in [3.8, 4) is 5.75 Å². The van der Waals surface area contributed by atoms with Crippen LogP contribution in [0.4, 0.5) is 11.6 Å². The maximum atomic E-state index is 10.9. The van der Waals surface area contributed by atoms with Crippen LogP contribution in [0.2, 0.25) is 0 Å². The van der Waals surface area contributed by atoms with Crippen molar-refractivity contribution in [3.05, 3.63) is 45.3 Å². The molecular formula is C12H13N5O3. The van der Waals surface area contributed by atoms with E-state index >= 15 is 0 Å². The van der Waals surface area contributed by atoms with E-state index in [1.54, 1.807) is 20.0 Å². The second kappa shape index (κ2) is 5.00. The van der Waals surface area contributed by atoms with Crippen molar-refractivity contribution in [2.24, 2.45) is 5.10 Å². The number of hydrogen-bond donors (Lipinski definition) is 2. The van der Waals surface area contributed by atoms with Crippen LogP contribution in [0, 0.1) is 24.0 Å². The van der Waals surface area contributed by atoms with Gasteiger partial charge in [-0.25, -0.2) is 9.66 Å². The van der Waals surface area contributed by atoms with Crippen LogP contribution in [0.3, 0.4) is 0 Å². The summed E-state index contributed by atoms with van der Waals surface area (Å²) in [5, 5.41) is 24.7. The predicted molar refractivity (Wildman–Crippen MR) is 73.9 cm³/mol. The Hall–Kier alpha value is -2.90. The van der Waals surface area contributed by atoms with Crippen LogP contribution in [0.15, 0.2) is 23.4 Å². The van der Waals surface area contributed by atoms with Crippen LogP contribution >= 0.6 is 0 Å². The average molecular weight is 275 g/mol. The summed E-state index contributed by atoms with van der Waals surface area (Å²) in [5.74, 6) is 0.104. The summed E-state index contributed by atoms with van der Waals surface area (Å²) in [7, 11) is 0. The van der Waals surface area contributed by atoms with Gasteiger partial charge in [-0.1, -0.05) is 0 Å². The first-order valence-electron chi connectivity index (χ1n) is 5.72. The van der Waals surface area contributed by atoms with Crippen LogP contribution in [-0.4, -0.2) is 25.9 Å². The standard InChI is InChI=1S/C12H13N5O3/c1-7-3-11(18)9(4-10(7)17(19)20)5-14-16-6-8(2)15-12(16)13/h3-6,18H,1-2H3,(H2,13,15). The van der Waals surface area contributed by atoms with Gasteiger partial charge in [-0.2, -0.15) is 5.10 Å². The number of aromatic hydroxyl groups is 1. The number of phenolic OH excluding ortho intramolecular Hbond substituents is 1. The van der Waals surface area contributed by atoms with Crippen molar-refractivity contribution in [2.45, 2.75) is 13.8 Å². The fraction of sp³-hybridized carbons (Fsp3) is 0.167. The Morgan fingerprint density at radius 3 is 2.75 bits per heavy atom. The van der Waals surface area contributed by atoms with Crippen LogP contribution in [-0.2, 0) is 0 Å². The third kappa shape index (κ3) is 2.58. The van der Waals surface area contributed by atoms with E-state index in [0.29, 0.717) is 11.3 Å². The normalized spacial score (nSPS) is 11.1. The molecule has 2 rings (SSSR count). The van der Waals surface area contributed by atoms with Crippen molar-refractivity contribution in [1.29, 1.82) is 0 Å². The Morgan fingerprint density at radius 2 is 2.20 bits per heavy atom. The number of nitro benzene ring substituents is 1. The molecule has 0 unspecified atom stereocenters. The van der Waals surface area contributed by atoms with Crippen molar-refractivity contribution < 1.29 is 10.0 Å². The van der Waals surface area contributed by atoms with Gasteiger partial charge in [0.15, 0.2) is 0 Å². The summed E-state index contributed by atoms with van der Waals surface area (Å²) in [6.45, 7) is 3.31. The third-order valence-corrected chi connectivity index (χ3v) is 2.70. The number of nitrogens with two attached hydrogens (primary N) is 1. The van der Waals surface area contributed by atoms with E-state index in [9.17, 15) is 15.2 Å². The number of imidazole rings is 1. The smallest absolute Gasteiger partial charge is 0.273 e. The lowest BCUT2D eigenvalue weighted by atomic mass is 10.1. The van der Waals surface area contributed by atoms with Gasteiger partial charge in [0.05, 0.1) is 23.0 Å². The lowest BCUT2D eigenvalue weighted by molar-refractivity contribution is -0.385. The maximum Gasteiger partial charge on any atom is 0.273 e. The quantitative estimate of drug-likeness (QED) is 0.500. The van der Waals surface area contributed by atoms with Gasteiger partial charge in [-0.3, -0.25) is 10.1 Å². The topological polar surface area (TPSA) is 120 Å². The molecule has 0 radical (unpaired) electrons. The number of nitrogen functional groups attached to an aromatic ring is 1. The zero-order valence-corrected chi connectivity index (χ0v) is 10.9. The molecule has 1 aromatic carbocycles.